The van der Waals surface area contributed by atoms with Crippen molar-refractivity contribution < 1.29 is 4.79 Å². The lowest BCUT2D eigenvalue weighted by molar-refractivity contribution is 0.0867. The predicted octanol–water partition coefficient (Wildman–Crippen LogP) is 7.85. The van der Waals surface area contributed by atoms with Gasteiger partial charge in [-0.3, -0.25) is 9.36 Å². The van der Waals surface area contributed by atoms with E-state index >= 15 is 0 Å². The van der Waals surface area contributed by atoms with Crippen LogP contribution in [0.4, 0.5) is 0 Å². The van der Waals surface area contributed by atoms with E-state index in [-0.39, 0.29) is 17.4 Å². The van der Waals surface area contributed by atoms with Gasteiger partial charge in [-0.05, 0) is 59.9 Å². The first-order valence-corrected chi connectivity index (χ1v) is 13.5. The summed E-state index contributed by atoms with van der Waals surface area (Å²) in [7, 11) is 0. The first-order valence-electron chi connectivity index (χ1n) is 12.7. The van der Waals surface area contributed by atoms with Crippen molar-refractivity contribution in [3.05, 3.63) is 84.9 Å². The summed E-state index contributed by atoms with van der Waals surface area (Å²) in [6.45, 7) is 6.89. The highest BCUT2D eigenvalue weighted by atomic mass is 32.1. The number of hydrogen-bond donors (Lipinski definition) is 1. The van der Waals surface area contributed by atoms with Crippen LogP contribution >= 0.6 is 11.3 Å². The Morgan fingerprint density at radius 1 is 1.03 bits per heavy atom. The average Bonchev–Trinajstić information content (AvgIpc) is 3.48. The minimum absolute atomic E-state index is 0.0561. The lowest BCUT2D eigenvalue weighted by atomic mass is 9.70. The molecule has 2 aromatic heterocycles. The number of nitrogens with one attached hydrogen (secondary N) is 1. The molecule has 0 spiro atoms. The molecule has 6 rings (SSSR count). The van der Waals surface area contributed by atoms with E-state index in [0.29, 0.717) is 11.6 Å². The standard InChI is InChI=1S/C31H31N3OS/c1-20-14-22(17-31(2,3)16-20)33-30(35)27-18-32-19-34(27)23-9-6-8-21(15-23)24-11-7-12-26-25-10-4-5-13-28(25)36-29(24)26/h4-13,15,18-20,22H,14,16-17H2,1-3H3,(H,33,35)/t20-,22+/m0/s1. The molecule has 1 aliphatic rings. The normalized spacial score (nSPS) is 19.5. The Morgan fingerprint density at radius 2 is 1.83 bits per heavy atom. The molecule has 36 heavy (non-hydrogen) atoms. The number of imidazole rings is 1. The molecule has 182 valence electrons. The van der Waals surface area contributed by atoms with Gasteiger partial charge in [0.05, 0.1) is 12.5 Å². The van der Waals surface area contributed by atoms with Crippen LogP contribution in [0, 0.1) is 11.3 Å². The van der Waals surface area contributed by atoms with Crippen molar-refractivity contribution in [1.82, 2.24) is 14.9 Å². The van der Waals surface area contributed by atoms with Crippen molar-refractivity contribution >= 4 is 37.4 Å². The molecule has 1 N–H and O–H groups in total. The van der Waals surface area contributed by atoms with Gasteiger partial charge in [0.1, 0.15) is 5.69 Å². The minimum atomic E-state index is -0.0561. The number of thiophene rings is 1. The Hall–Kier alpha value is -3.44. The molecule has 1 aliphatic carbocycles. The number of benzene rings is 3. The van der Waals surface area contributed by atoms with Crippen LogP contribution in [0.15, 0.2) is 79.3 Å². The zero-order valence-electron chi connectivity index (χ0n) is 21.0. The molecule has 1 fully saturated rings. The number of rotatable bonds is 4. The molecule has 5 aromatic rings. The third-order valence-corrected chi connectivity index (χ3v) is 8.65. The number of hydrogen-bond acceptors (Lipinski definition) is 3. The third-order valence-electron chi connectivity index (χ3n) is 7.43. The SMILES string of the molecule is C[C@H]1C[C@@H](NC(=O)c2cncn2-c2cccc(-c3cccc4c3sc3ccccc34)c2)CC(C)(C)C1. The van der Waals surface area contributed by atoms with Gasteiger partial charge in [-0.1, -0.05) is 69.3 Å². The summed E-state index contributed by atoms with van der Waals surface area (Å²) in [6, 6.07) is 23.7. The Kier molecular flexibility index (Phi) is 5.68. The summed E-state index contributed by atoms with van der Waals surface area (Å²) in [6.07, 6.45) is 6.65. The number of carbonyl (C=O) groups excluding carboxylic acids is 1. The number of fused-ring (bicyclic) bond motifs is 3. The fourth-order valence-corrected chi connectivity index (χ4v) is 7.42. The van der Waals surface area contributed by atoms with Gasteiger partial charge in [0.15, 0.2) is 0 Å². The fraction of sp³-hybridized carbons (Fsp3) is 0.290. The molecule has 0 aliphatic heterocycles. The van der Waals surface area contributed by atoms with Crippen LogP contribution in [0.2, 0.25) is 0 Å². The van der Waals surface area contributed by atoms with Gasteiger partial charge in [-0.2, -0.15) is 0 Å². The molecule has 1 saturated carbocycles. The molecular formula is C31H31N3OS. The van der Waals surface area contributed by atoms with Gasteiger partial charge in [0.2, 0.25) is 0 Å². The number of aromatic nitrogens is 2. The van der Waals surface area contributed by atoms with Gasteiger partial charge in [-0.25, -0.2) is 4.98 Å². The van der Waals surface area contributed by atoms with Gasteiger partial charge in [0.25, 0.3) is 5.91 Å². The smallest absolute Gasteiger partial charge is 0.270 e. The lowest BCUT2D eigenvalue weighted by Crippen LogP contribution is -2.43. The van der Waals surface area contributed by atoms with E-state index in [1.165, 1.54) is 32.2 Å². The second kappa shape index (κ2) is 8.90. The van der Waals surface area contributed by atoms with E-state index < -0.39 is 0 Å². The van der Waals surface area contributed by atoms with Gasteiger partial charge in [0, 0.05) is 31.9 Å². The monoisotopic (exact) mass is 493 g/mol. The molecular weight excluding hydrogens is 462 g/mol. The molecule has 5 heteroatoms. The Bertz CT molecular complexity index is 1580. The maximum absolute atomic E-state index is 13.3. The molecule has 0 saturated heterocycles. The van der Waals surface area contributed by atoms with E-state index in [1.807, 2.05) is 22.0 Å². The van der Waals surface area contributed by atoms with E-state index in [4.69, 9.17) is 0 Å². The number of nitrogens with zero attached hydrogens (tertiary/aromatic N) is 2. The fourth-order valence-electron chi connectivity index (χ4n) is 6.18. The average molecular weight is 494 g/mol. The molecule has 3 aromatic carbocycles. The van der Waals surface area contributed by atoms with Gasteiger partial charge in [-0.15, -0.1) is 11.3 Å². The summed E-state index contributed by atoms with van der Waals surface area (Å²) in [4.78, 5) is 17.7. The van der Waals surface area contributed by atoms with E-state index in [0.717, 1.165) is 24.1 Å². The van der Waals surface area contributed by atoms with E-state index in [2.05, 4.69) is 91.7 Å². The number of carbonyl (C=O) groups is 1. The molecule has 2 heterocycles. The van der Waals surface area contributed by atoms with Crippen LogP contribution < -0.4 is 5.32 Å². The zero-order chi connectivity index (χ0) is 24.9. The molecule has 2 atom stereocenters. The summed E-state index contributed by atoms with van der Waals surface area (Å²) in [5.41, 5.74) is 4.10. The first kappa shape index (κ1) is 23.0. The van der Waals surface area contributed by atoms with Crippen LogP contribution in [-0.2, 0) is 0 Å². The lowest BCUT2D eigenvalue weighted by Gasteiger charge is -2.39. The van der Waals surface area contributed by atoms with Crippen LogP contribution in [0.5, 0.6) is 0 Å². The maximum Gasteiger partial charge on any atom is 0.270 e. The largest absolute Gasteiger partial charge is 0.348 e. The summed E-state index contributed by atoms with van der Waals surface area (Å²) in [5, 5.41) is 5.88. The Labute approximate surface area is 216 Å². The first-order chi connectivity index (χ1) is 17.4. The van der Waals surface area contributed by atoms with E-state index in [1.54, 1.807) is 12.5 Å². The quantitative estimate of drug-likeness (QED) is 0.277. The molecule has 1 amide bonds. The predicted molar refractivity (Wildman–Crippen MR) is 150 cm³/mol. The van der Waals surface area contributed by atoms with Crippen LogP contribution in [0.25, 0.3) is 37.0 Å². The van der Waals surface area contributed by atoms with Crippen LogP contribution in [0.1, 0.15) is 50.5 Å². The van der Waals surface area contributed by atoms with Crippen molar-refractivity contribution in [3.63, 3.8) is 0 Å². The van der Waals surface area contributed by atoms with Crippen LogP contribution in [-0.4, -0.2) is 21.5 Å². The topological polar surface area (TPSA) is 46.9 Å². The highest BCUT2D eigenvalue weighted by Crippen LogP contribution is 2.40. The second-order valence-electron chi connectivity index (χ2n) is 11.1. The summed E-state index contributed by atoms with van der Waals surface area (Å²) >= 11 is 1.83. The van der Waals surface area contributed by atoms with Crippen molar-refractivity contribution in [2.24, 2.45) is 11.3 Å². The van der Waals surface area contributed by atoms with Crippen molar-refractivity contribution in [2.45, 2.75) is 46.1 Å². The van der Waals surface area contributed by atoms with Crippen molar-refractivity contribution in [2.75, 3.05) is 0 Å². The molecule has 0 unspecified atom stereocenters. The van der Waals surface area contributed by atoms with Crippen molar-refractivity contribution in [3.8, 4) is 16.8 Å². The van der Waals surface area contributed by atoms with E-state index in [9.17, 15) is 4.79 Å². The van der Waals surface area contributed by atoms with Gasteiger partial charge < -0.3 is 5.32 Å². The van der Waals surface area contributed by atoms with Gasteiger partial charge >= 0.3 is 0 Å². The third kappa shape index (κ3) is 4.22. The van der Waals surface area contributed by atoms with Crippen molar-refractivity contribution in [1.29, 1.82) is 0 Å². The highest BCUT2D eigenvalue weighted by Gasteiger charge is 2.33. The summed E-state index contributed by atoms with van der Waals surface area (Å²) < 4.78 is 4.49. The maximum atomic E-state index is 13.3. The second-order valence-corrected chi connectivity index (χ2v) is 12.1. The number of amides is 1. The minimum Gasteiger partial charge on any atom is -0.348 e. The molecule has 4 nitrogen and oxygen atoms in total. The zero-order valence-corrected chi connectivity index (χ0v) is 21.8. The Morgan fingerprint density at radius 3 is 2.69 bits per heavy atom. The van der Waals surface area contributed by atoms with Crippen LogP contribution in [0.3, 0.4) is 0 Å². The summed E-state index contributed by atoms with van der Waals surface area (Å²) in [5.74, 6) is 0.552. The highest BCUT2D eigenvalue weighted by molar-refractivity contribution is 7.26. The molecule has 0 bridgehead atoms. The molecule has 0 radical (unpaired) electrons. The Balaban J connectivity index is 1.33.